The Morgan fingerprint density at radius 1 is 1.24 bits per heavy atom. The van der Waals surface area contributed by atoms with Crippen LogP contribution < -0.4 is 5.73 Å². The van der Waals surface area contributed by atoms with E-state index in [0.717, 1.165) is 31.8 Å². The van der Waals surface area contributed by atoms with Crippen LogP contribution in [0.3, 0.4) is 0 Å². The number of nitrogens with zero attached hydrogens (tertiary/aromatic N) is 4. The number of rotatable bonds is 6. The zero-order chi connectivity index (χ0) is 14.7. The predicted octanol–water partition coefficient (Wildman–Crippen LogP) is 2.19. The van der Waals surface area contributed by atoms with Crippen LogP contribution in [0.5, 0.6) is 0 Å². The molecule has 0 radical (unpaired) electrons. The van der Waals surface area contributed by atoms with Crippen LogP contribution in [0.15, 0.2) is 36.8 Å². The summed E-state index contributed by atoms with van der Waals surface area (Å²) in [7, 11) is 0. The number of hydrogen-bond donors (Lipinski definition) is 1. The number of benzene rings is 1. The fourth-order valence-corrected chi connectivity index (χ4v) is 2.76. The van der Waals surface area contributed by atoms with E-state index in [-0.39, 0.29) is 0 Å². The molecule has 2 heterocycles. The van der Waals surface area contributed by atoms with Crippen molar-refractivity contribution in [2.75, 3.05) is 6.54 Å². The first-order chi connectivity index (χ1) is 10.3. The molecule has 0 amide bonds. The highest BCUT2D eigenvalue weighted by Gasteiger charge is 2.09. The van der Waals surface area contributed by atoms with Crippen molar-refractivity contribution in [2.24, 2.45) is 5.73 Å². The summed E-state index contributed by atoms with van der Waals surface area (Å²) in [4.78, 5) is 4.39. The van der Waals surface area contributed by atoms with Gasteiger partial charge in [0.2, 0.25) is 0 Å². The minimum absolute atomic E-state index is 0.676. The molecule has 2 aromatic heterocycles. The molecule has 5 heteroatoms. The van der Waals surface area contributed by atoms with Crippen molar-refractivity contribution in [2.45, 2.75) is 32.9 Å². The van der Waals surface area contributed by atoms with Crippen molar-refractivity contribution in [3.8, 4) is 0 Å². The number of aromatic nitrogens is 4. The second-order valence-electron chi connectivity index (χ2n) is 5.23. The van der Waals surface area contributed by atoms with Gasteiger partial charge in [0.25, 0.3) is 0 Å². The van der Waals surface area contributed by atoms with E-state index in [0.29, 0.717) is 6.54 Å². The monoisotopic (exact) mass is 283 g/mol. The lowest BCUT2D eigenvalue weighted by molar-refractivity contribution is 0.557. The lowest BCUT2D eigenvalue weighted by Crippen LogP contribution is -2.09. The molecule has 0 saturated carbocycles. The molecule has 0 spiro atoms. The maximum absolute atomic E-state index is 5.69. The van der Waals surface area contributed by atoms with Crippen LogP contribution >= 0.6 is 0 Å². The summed E-state index contributed by atoms with van der Waals surface area (Å²) >= 11 is 0. The number of fused-ring (bicyclic) bond motifs is 1. The second-order valence-corrected chi connectivity index (χ2v) is 5.23. The zero-order valence-electron chi connectivity index (χ0n) is 12.4. The molecule has 0 unspecified atom stereocenters. The Bertz CT molecular complexity index is 725. The molecule has 0 aliphatic rings. The van der Waals surface area contributed by atoms with E-state index in [1.807, 2.05) is 4.68 Å². The quantitative estimate of drug-likeness (QED) is 0.754. The van der Waals surface area contributed by atoms with Gasteiger partial charge in [0, 0.05) is 23.6 Å². The van der Waals surface area contributed by atoms with Gasteiger partial charge < -0.3 is 10.3 Å². The van der Waals surface area contributed by atoms with Crippen molar-refractivity contribution in [1.29, 1.82) is 0 Å². The van der Waals surface area contributed by atoms with Gasteiger partial charge in [-0.3, -0.25) is 0 Å². The standard InChI is InChI=1S/C16H21N5/c1-2-9-21-16(18-12-19-21)11-20-10-7-14-13(6-8-17)4-3-5-15(14)20/h3-5,7,10,12H,2,6,8-9,11,17H2,1H3. The van der Waals surface area contributed by atoms with Gasteiger partial charge in [-0.1, -0.05) is 19.1 Å². The number of aryl methyl sites for hydroxylation is 1. The van der Waals surface area contributed by atoms with Gasteiger partial charge in [-0.15, -0.1) is 0 Å². The Morgan fingerprint density at radius 2 is 2.14 bits per heavy atom. The molecular formula is C16H21N5. The lowest BCUT2D eigenvalue weighted by Gasteiger charge is -2.08. The highest BCUT2D eigenvalue weighted by Crippen LogP contribution is 2.21. The minimum atomic E-state index is 0.676. The highest BCUT2D eigenvalue weighted by molar-refractivity contribution is 5.83. The molecule has 3 rings (SSSR count). The minimum Gasteiger partial charge on any atom is -0.340 e. The Labute approximate surface area is 124 Å². The van der Waals surface area contributed by atoms with Gasteiger partial charge in [-0.2, -0.15) is 5.10 Å². The summed E-state index contributed by atoms with van der Waals surface area (Å²) in [6.45, 7) is 4.48. The molecule has 0 bridgehead atoms. The van der Waals surface area contributed by atoms with Gasteiger partial charge >= 0.3 is 0 Å². The SMILES string of the molecule is CCCn1ncnc1Cn1ccc2c(CCN)cccc21. The third-order valence-electron chi connectivity index (χ3n) is 3.76. The van der Waals surface area contributed by atoms with Gasteiger partial charge in [0.15, 0.2) is 0 Å². The Balaban J connectivity index is 1.94. The van der Waals surface area contributed by atoms with Crippen LogP contribution in [0, 0.1) is 0 Å². The molecule has 0 fully saturated rings. The van der Waals surface area contributed by atoms with Crippen molar-refractivity contribution in [3.63, 3.8) is 0 Å². The molecule has 0 aliphatic carbocycles. The lowest BCUT2D eigenvalue weighted by atomic mass is 10.1. The predicted molar refractivity (Wildman–Crippen MR) is 84.1 cm³/mol. The summed E-state index contributed by atoms with van der Waals surface area (Å²) in [5, 5.41) is 5.57. The maximum Gasteiger partial charge on any atom is 0.146 e. The van der Waals surface area contributed by atoms with Gasteiger partial charge in [-0.25, -0.2) is 9.67 Å². The van der Waals surface area contributed by atoms with E-state index in [9.17, 15) is 0 Å². The van der Waals surface area contributed by atoms with Crippen LogP contribution in [0.4, 0.5) is 0 Å². The van der Waals surface area contributed by atoms with Crippen molar-refractivity contribution < 1.29 is 0 Å². The topological polar surface area (TPSA) is 61.7 Å². The van der Waals surface area contributed by atoms with E-state index < -0.39 is 0 Å². The van der Waals surface area contributed by atoms with Gasteiger partial charge in [0.05, 0.1) is 6.54 Å². The van der Waals surface area contributed by atoms with E-state index in [1.165, 1.54) is 16.5 Å². The molecule has 5 nitrogen and oxygen atoms in total. The first-order valence-corrected chi connectivity index (χ1v) is 7.47. The molecule has 0 atom stereocenters. The molecular weight excluding hydrogens is 262 g/mol. The summed E-state index contributed by atoms with van der Waals surface area (Å²) in [5.74, 6) is 0.999. The Kier molecular flexibility index (Phi) is 4.01. The molecule has 21 heavy (non-hydrogen) atoms. The zero-order valence-corrected chi connectivity index (χ0v) is 12.4. The fourth-order valence-electron chi connectivity index (χ4n) is 2.76. The second kappa shape index (κ2) is 6.10. The first kappa shape index (κ1) is 13.8. The average Bonchev–Trinajstić information content (AvgIpc) is 3.09. The molecule has 1 aromatic carbocycles. The van der Waals surface area contributed by atoms with Crippen LogP contribution in [0.1, 0.15) is 24.7 Å². The molecule has 110 valence electrons. The first-order valence-electron chi connectivity index (χ1n) is 7.47. The normalized spacial score (nSPS) is 11.3. The van der Waals surface area contributed by atoms with Crippen LogP contribution in [0.2, 0.25) is 0 Å². The number of hydrogen-bond acceptors (Lipinski definition) is 3. The third-order valence-corrected chi connectivity index (χ3v) is 3.76. The molecule has 0 saturated heterocycles. The van der Waals surface area contributed by atoms with Gasteiger partial charge in [0.1, 0.15) is 12.2 Å². The molecule has 0 aliphatic heterocycles. The van der Waals surface area contributed by atoms with Crippen molar-refractivity contribution >= 4 is 10.9 Å². The highest BCUT2D eigenvalue weighted by atomic mass is 15.3. The molecule has 2 N–H and O–H groups in total. The largest absolute Gasteiger partial charge is 0.340 e. The smallest absolute Gasteiger partial charge is 0.146 e. The number of nitrogens with two attached hydrogens (primary N) is 1. The van der Waals surface area contributed by atoms with Crippen molar-refractivity contribution in [1.82, 2.24) is 19.3 Å². The maximum atomic E-state index is 5.69. The van der Waals surface area contributed by atoms with Crippen LogP contribution in [-0.4, -0.2) is 25.9 Å². The summed E-state index contributed by atoms with van der Waals surface area (Å²) in [6, 6.07) is 8.57. The van der Waals surface area contributed by atoms with Crippen LogP contribution in [0.25, 0.3) is 10.9 Å². The summed E-state index contributed by atoms with van der Waals surface area (Å²) in [6.07, 6.45) is 5.73. The fraction of sp³-hybridized carbons (Fsp3) is 0.375. The van der Waals surface area contributed by atoms with Crippen molar-refractivity contribution in [3.05, 3.63) is 48.2 Å². The van der Waals surface area contributed by atoms with E-state index in [2.05, 4.69) is 52.0 Å². The van der Waals surface area contributed by atoms with Crippen LogP contribution in [-0.2, 0) is 19.5 Å². The summed E-state index contributed by atoms with van der Waals surface area (Å²) < 4.78 is 4.21. The third kappa shape index (κ3) is 2.69. The van der Waals surface area contributed by atoms with E-state index in [1.54, 1.807) is 6.33 Å². The van der Waals surface area contributed by atoms with Gasteiger partial charge in [-0.05, 0) is 37.1 Å². The average molecular weight is 283 g/mol. The van der Waals surface area contributed by atoms with E-state index in [4.69, 9.17) is 5.73 Å². The summed E-state index contributed by atoms with van der Waals surface area (Å²) in [5.41, 5.74) is 8.23. The Hall–Kier alpha value is -2.14. The molecule has 3 aromatic rings. The Morgan fingerprint density at radius 3 is 2.95 bits per heavy atom. The van der Waals surface area contributed by atoms with E-state index >= 15 is 0 Å².